The van der Waals surface area contributed by atoms with E-state index in [1.165, 1.54) is 0 Å². The lowest BCUT2D eigenvalue weighted by atomic mass is 10.1. The number of rotatable bonds is 6. The highest BCUT2D eigenvalue weighted by Crippen LogP contribution is 2.24. The SMILES string of the molecule is Cn1ncc2ccc([C@@H](COS(C)(=O)=O)OS(C)(=O)=O)cc21. The van der Waals surface area contributed by atoms with Gasteiger partial charge in [0.1, 0.15) is 6.10 Å². The second-order valence-electron chi connectivity index (χ2n) is 4.86. The van der Waals surface area contributed by atoms with Crippen molar-refractivity contribution in [2.24, 2.45) is 7.05 Å². The van der Waals surface area contributed by atoms with Crippen LogP contribution in [0.25, 0.3) is 10.9 Å². The topological polar surface area (TPSA) is 105 Å². The number of fused-ring (bicyclic) bond motifs is 1. The third-order valence-electron chi connectivity index (χ3n) is 2.87. The monoisotopic (exact) mass is 348 g/mol. The molecule has 1 heterocycles. The highest BCUT2D eigenvalue weighted by molar-refractivity contribution is 7.86. The molecule has 0 aliphatic heterocycles. The molecule has 0 aliphatic carbocycles. The summed E-state index contributed by atoms with van der Waals surface area (Å²) in [5.74, 6) is 0. The highest BCUT2D eigenvalue weighted by Gasteiger charge is 2.21. The Hall–Kier alpha value is -1.49. The van der Waals surface area contributed by atoms with Crippen molar-refractivity contribution >= 4 is 31.1 Å². The predicted molar refractivity (Wildman–Crippen MR) is 80.2 cm³/mol. The second kappa shape index (κ2) is 5.95. The Labute approximate surface area is 128 Å². The average Bonchev–Trinajstić information content (AvgIpc) is 2.74. The van der Waals surface area contributed by atoms with Crippen LogP contribution >= 0.6 is 0 Å². The summed E-state index contributed by atoms with van der Waals surface area (Å²) in [6.07, 6.45) is 2.38. The fourth-order valence-electron chi connectivity index (χ4n) is 1.94. The Morgan fingerprint density at radius 2 is 1.86 bits per heavy atom. The first-order valence-corrected chi connectivity index (χ1v) is 9.83. The number of hydrogen-bond acceptors (Lipinski definition) is 7. The minimum Gasteiger partial charge on any atom is -0.268 e. The van der Waals surface area contributed by atoms with Crippen LogP contribution in [0.2, 0.25) is 0 Å². The summed E-state index contributed by atoms with van der Waals surface area (Å²) in [4.78, 5) is 0. The minimum absolute atomic E-state index is 0.435. The van der Waals surface area contributed by atoms with Gasteiger partial charge in [-0.05, 0) is 11.6 Å². The fourth-order valence-corrected chi connectivity index (χ4v) is 2.90. The molecule has 10 heteroatoms. The smallest absolute Gasteiger partial charge is 0.265 e. The van der Waals surface area contributed by atoms with Crippen LogP contribution in [0.3, 0.4) is 0 Å². The third kappa shape index (κ3) is 4.50. The van der Waals surface area contributed by atoms with Crippen LogP contribution in [-0.2, 0) is 35.7 Å². The van der Waals surface area contributed by atoms with Gasteiger partial charge in [-0.1, -0.05) is 12.1 Å². The molecule has 0 spiro atoms. The zero-order valence-electron chi connectivity index (χ0n) is 12.3. The molecule has 0 unspecified atom stereocenters. The molecule has 0 aliphatic rings. The zero-order chi connectivity index (χ0) is 16.5. The van der Waals surface area contributed by atoms with E-state index in [1.54, 1.807) is 36.1 Å². The zero-order valence-corrected chi connectivity index (χ0v) is 13.9. The van der Waals surface area contributed by atoms with Gasteiger partial charge in [0.2, 0.25) is 0 Å². The van der Waals surface area contributed by atoms with Gasteiger partial charge in [0.05, 0.1) is 30.8 Å². The molecule has 2 rings (SSSR count). The lowest BCUT2D eigenvalue weighted by molar-refractivity contribution is 0.141. The summed E-state index contributed by atoms with van der Waals surface area (Å²) in [6.45, 7) is -0.435. The highest BCUT2D eigenvalue weighted by atomic mass is 32.2. The molecule has 0 saturated carbocycles. The molecule has 8 nitrogen and oxygen atoms in total. The predicted octanol–water partition coefficient (Wildman–Crippen LogP) is 0.567. The molecule has 2 aromatic rings. The van der Waals surface area contributed by atoms with E-state index in [-0.39, 0.29) is 0 Å². The van der Waals surface area contributed by atoms with E-state index >= 15 is 0 Å². The summed E-state index contributed by atoms with van der Waals surface area (Å²) in [7, 11) is -5.76. The third-order valence-corrected chi connectivity index (χ3v) is 4.02. The van der Waals surface area contributed by atoms with Crippen molar-refractivity contribution in [1.82, 2.24) is 9.78 Å². The molecule has 0 N–H and O–H groups in total. The van der Waals surface area contributed by atoms with E-state index in [9.17, 15) is 16.8 Å². The van der Waals surface area contributed by atoms with Gasteiger partial charge in [-0.3, -0.25) is 13.0 Å². The fraction of sp³-hybridized carbons (Fsp3) is 0.417. The van der Waals surface area contributed by atoms with E-state index in [0.717, 1.165) is 23.4 Å². The number of nitrogens with zero attached hydrogens (tertiary/aromatic N) is 2. The van der Waals surface area contributed by atoms with Crippen molar-refractivity contribution < 1.29 is 25.2 Å². The molecule has 1 aromatic heterocycles. The Balaban J connectivity index is 2.38. The quantitative estimate of drug-likeness (QED) is 0.703. The molecule has 0 radical (unpaired) electrons. The van der Waals surface area contributed by atoms with Gasteiger partial charge in [-0.25, -0.2) is 0 Å². The first-order valence-electron chi connectivity index (χ1n) is 6.19. The van der Waals surface area contributed by atoms with Crippen molar-refractivity contribution in [3.63, 3.8) is 0 Å². The Bertz CT molecular complexity index is 885. The average molecular weight is 348 g/mol. The van der Waals surface area contributed by atoms with Gasteiger partial charge in [0, 0.05) is 12.4 Å². The lowest BCUT2D eigenvalue weighted by Crippen LogP contribution is -2.18. The van der Waals surface area contributed by atoms with Crippen molar-refractivity contribution in [3.05, 3.63) is 30.0 Å². The number of hydrogen-bond donors (Lipinski definition) is 0. The Kier molecular flexibility index (Phi) is 4.57. The van der Waals surface area contributed by atoms with Gasteiger partial charge in [-0.15, -0.1) is 0 Å². The summed E-state index contributed by atoms with van der Waals surface area (Å²) in [6, 6.07) is 5.08. The molecule has 22 heavy (non-hydrogen) atoms. The molecule has 1 atom stereocenters. The summed E-state index contributed by atoms with van der Waals surface area (Å²) >= 11 is 0. The summed E-state index contributed by atoms with van der Waals surface area (Å²) < 4.78 is 56.2. The molecule has 0 fully saturated rings. The largest absolute Gasteiger partial charge is 0.268 e. The minimum atomic E-state index is -3.79. The molecule has 0 amide bonds. The lowest BCUT2D eigenvalue weighted by Gasteiger charge is -2.16. The Morgan fingerprint density at radius 1 is 1.18 bits per heavy atom. The van der Waals surface area contributed by atoms with Crippen LogP contribution in [-0.4, -0.2) is 45.7 Å². The van der Waals surface area contributed by atoms with Crippen molar-refractivity contribution in [1.29, 1.82) is 0 Å². The molecule has 0 bridgehead atoms. The van der Waals surface area contributed by atoms with E-state index in [2.05, 4.69) is 9.28 Å². The first kappa shape index (κ1) is 16.9. The maximum atomic E-state index is 11.4. The molecule has 0 saturated heterocycles. The van der Waals surface area contributed by atoms with E-state index in [4.69, 9.17) is 4.18 Å². The van der Waals surface area contributed by atoms with E-state index in [0.29, 0.717) is 5.56 Å². The number of aryl methyl sites for hydroxylation is 1. The normalized spacial score (nSPS) is 14.3. The van der Waals surface area contributed by atoms with Crippen LogP contribution < -0.4 is 0 Å². The maximum absolute atomic E-state index is 11.4. The maximum Gasteiger partial charge on any atom is 0.265 e. The van der Waals surface area contributed by atoms with Gasteiger partial charge < -0.3 is 0 Å². The van der Waals surface area contributed by atoms with Crippen LogP contribution in [0, 0.1) is 0 Å². The second-order valence-corrected chi connectivity index (χ2v) is 8.11. The van der Waals surface area contributed by atoms with Crippen molar-refractivity contribution in [2.45, 2.75) is 6.10 Å². The van der Waals surface area contributed by atoms with E-state index < -0.39 is 32.9 Å². The molecule has 122 valence electrons. The van der Waals surface area contributed by atoms with Crippen LogP contribution in [0.1, 0.15) is 11.7 Å². The molecular formula is C12H16N2O6S2. The summed E-state index contributed by atoms with van der Waals surface area (Å²) in [5, 5.41) is 4.96. The van der Waals surface area contributed by atoms with E-state index in [1.807, 2.05) is 0 Å². The first-order chi connectivity index (χ1) is 10.1. The summed E-state index contributed by atoms with van der Waals surface area (Å²) in [5.41, 5.74) is 1.24. The van der Waals surface area contributed by atoms with Gasteiger partial charge >= 0.3 is 0 Å². The number of benzene rings is 1. The standard InChI is InChI=1S/C12H16N2O6S2/c1-14-11-6-9(4-5-10(11)7-13-14)12(20-22(3,17)18)8-19-21(2,15)16/h4-7,12H,8H2,1-3H3/t12-/m1/s1. The van der Waals surface area contributed by atoms with Crippen molar-refractivity contribution in [2.75, 3.05) is 19.1 Å². The van der Waals surface area contributed by atoms with Crippen molar-refractivity contribution in [3.8, 4) is 0 Å². The van der Waals surface area contributed by atoms with Crippen LogP contribution in [0.4, 0.5) is 0 Å². The Morgan fingerprint density at radius 3 is 2.45 bits per heavy atom. The number of aromatic nitrogens is 2. The molecular weight excluding hydrogens is 332 g/mol. The molecule has 1 aromatic carbocycles. The van der Waals surface area contributed by atoms with Gasteiger partial charge in [-0.2, -0.15) is 21.9 Å². The van der Waals surface area contributed by atoms with Crippen LogP contribution in [0.15, 0.2) is 24.4 Å². The van der Waals surface area contributed by atoms with Gasteiger partial charge in [0.25, 0.3) is 20.2 Å². The van der Waals surface area contributed by atoms with Crippen LogP contribution in [0.5, 0.6) is 0 Å². The van der Waals surface area contributed by atoms with Gasteiger partial charge in [0.15, 0.2) is 0 Å².